The third kappa shape index (κ3) is 4.30. The van der Waals surface area contributed by atoms with E-state index < -0.39 is 15.9 Å². The number of carbonyl (C=O) groups excluding carboxylic acids is 1. The Bertz CT molecular complexity index is 554. The number of hydrogen-bond acceptors (Lipinski definition) is 5. The van der Waals surface area contributed by atoms with Crippen molar-refractivity contribution in [3.63, 3.8) is 0 Å². The quantitative estimate of drug-likeness (QED) is 0.761. The molecule has 1 rings (SSSR count). The molecule has 1 heterocycles. The summed E-state index contributed by atoms with van der Waals surface area (Å²) in [4.78, 5) is 13.1. The molecule has 0 atom stereocenters. The number of rotatable bonds is 6. The summed E-state index contributed by atoms with van der Waals surface area (Å²) in [6.45, 7) is 0.998. The monoisotopic (exact) mass is 354 g/mol. The highest BCUT2D eigenvalue weighted by Gasteiger charge is 2.23. The molecule has 1 aromatic heterocycles. The lowest BCUT2D eigenvalue weighted by molar-refractivity contribution is 0.0746. The van der Waals surface area contributed by atoms with Crippen LogP contribution in [-0.2, 0) is 14.8 Å². The Morgan fingerprint density at radius 1 is 1.58 bits per heavy atom. The predicted octanol–water partition coefficient (Wildman–Crippen LogP) is 0.798. The zero-order chi connectivity index (χ0) is 14.6. The minimum absolute atomic E-state index is 0.0800. The number of hydrogen-bond donors (Lipinski definition) is 1. The minimum Gasteiger partial charge on any atom is -0.443 e. The highest BCUT2D eigenvalue weighted by molar-refractivity contribution is 9.10. The number of ether oxygens (including phenoxy) is 1. The summed E-state index contributed by atoms with van der Waals surface area (Å²) in [5.74, 6) is -0.512. The maximum atomic E-state index is 12.0. The molecule has 1 aromatic rings. The van der Waals surface area contributed by atoms with Crippen molar-refractivity contribution in [2.24, 2.45) is 5.14 Å². The average molecular weight is 355 g/mol. The summed E-state index contributed by atoms with van der Waals surface area (Å²) < 4.78 is 32.3. The second-order valence-corrected chi connectivity index (χ2v) is 6.12. The predicted molar refractivity (Wildman–Crippen MR) is 71.2 cm³/mol. The molecule has 0 radical (unpaired) electrons. The molecule has 0 aromatic carbocycles. The van der Waals surface area contributed by atoms with Gasteiger partial charge in [-0.2, -0.15) is 0 Å². The van der Waals surface area contributed by atoms with Crippen LogP contribution in [0.25, 0.3) is 0 Å². The van der Waals surface area contributed by atoms with Crippen molar-refractivity contribution in [1.82, 2.24) is 4.90 Å². The summed E-state index contributed by atoms with van der Waals surface area (Å²) in [5.41, 5.74) is 0. The largest absolute Gasteiger partial charge is 0.443 e. The van der Waals surface area contributed by atoms with E-state index in [-0.39, 0.29) is 15.3 Å². The molecule has 0 saturated carbocycles. The van der Waals surface area contributed by atoms with Crippen molar-refractivity contribution < 1.29 is 22.4 Å². The van der Waals surface area contributed by atoms with Gasteiger partial charge in [-0.15, -0.1) is 0 Å². The molecular weight excluding hydrogens is 340 g/mol. The summed E-state index contributed by atoms with van der Waals surface area (Å²) in [6, 6.07) is 1.11. The third-order valence-electron chi connectivity index (χ3n) is 2.36. The Kier molecular flexibility index (Phi) is 5.53. The van der Waals surface area contributed by atoms with Crippen LogP contribution in [0.2, 0.25) is 0 Å². The number of methoxy groups -OCH3 is 1. The van der Waals surface area contributed by atoms with E-state index in [0.29, 0.717) is 19.6 Å². The average Bonchev–Trinajstić information content (AvgIpc) is 2.70. The molecule has 1 amide bonds. The van der Waals surface area contributed by atoms with E-state index in [1.165, 1.54) is 4.90 Å². The van der Waals surface area contributed by atoms with Gasteiger partial charge in [0.2, 0.25) is 10.0 Å². The maximum absolute atomic E-state index is 12.0. The van der Waals surface area contributed by atoms with Gasteiger partial charge >= 0.3 is 0 Å². The van der Waals surface area contributed by atoms with Gasteiger partial charge in [0.1, 0.15) is 4.90 Å². The first kappa shape index (κ1) is 16.2. The van der Waals surface area contributed by atoms with Crippen molar-refractivity contribution in [3.05, 3.63) is 16.5 Å². The Balaban J connectivity index is 2.84. The molecule has 0 spiro atoms. The normalized spacial score (nSPS) is 11.6. The van der Waals surface area contributed by atoms with Crippen LogP contribution in [-0.4, -0.2) is 46.5 Å². The van der Waals surface area contributed by atoms with Crippen molar-refractivity contribution in [2.75, 3.05) is 27.3 Å². The Morgan fingerprint density at radius 3 is 2.68 bits per heavy atom. The van der Waals surface area contributed by atoms with Gasteiger partial charge < -0.3 is 14.1 Å². The summed E-state index contributed by atoms with van der Waals surface area (Å²) in [7, 11) is -0.763. The molecule has 19 heavy (non-hydrogen) atoms. The first-order chi connectivity index (χ1) is 8.77. The van der Waals surface area contributed by atoms with Crippen LogP contribution >= 0.6 is 15.9 Å². The van der Waals surface area contributed by atoms with E-state index in [0.717, 1.165) is 6.07 Å². The minimum atomic E-state index is -3.92. The van der Waals surface area contributed by atoms with Gasteiger partial charge in [0.05, 0.1) is 0 Å². The van der Waals surface area contributed by atoms with E-state index in [9.17, 15) is 13.2 Å². The van der Waals surface area contributed by atoms with E-state index in [4.69, 9.17) is 14.3 Å². The number of halogens is 1. The van der Waals surface area contributed by atoms with Gasteiger partial charge in [0, 0.05) is 33.4 Å². The Labute approximate surface area is 119 Å². The standard InChI is InChI=1S/C10H15BrN2O5S/c1-13(4-3-5-17-2)10(14)7-6-8(9(11)18-7)19(12,15)16/h6H,3-5H2,1-2H3,(H2,12,15,16). The molecule has 9 heteroatoms. The molecule has 0 fully saturated rings. The first-order valence-electron chi connectivity index (χ1n) is 5.34. The van der Waals surface area contributed by atoms with Crippen LogP contribution in [0.3, 0.4) is 0 Å². The van der Waals surface area contributed by atoms with Crippen LogP contribution in [0.4, 0.5) is 0 Å². The fraction of sp³-hybridized carbons (Fsp3) is 0.500. The van der Waals surface area contributed by atoms with Gasteiger partial charge in [0.25, 0.3) is 5.91 Å². The van der Waals surface area contributed by atoms with Crippen LogP contribution in [0.5, 0.6) is 0 Å². The molecule has 7 nitrogen and oxygen atoms in total. The second-order valence-electron chi connectivity index (χ2n) is 3.87. The van der Waals surface area contributed by atoms with E-state index in [1.54, 1.807) is 14.2 Å². The fourth-order valence-electron chi connectivity index (χ4n) is 1.39. The van der Waals surface area contributed by atoms with E-state index >= 15 is 0 Å². The van der Waals surface area contributed by atoms with Crippen molar-refractivity contribution in [1.29, 1.82) is 0 Å². The third-order valence-corrected chi connectivity index (χ3v) is 4.13. The number of nitrogens with two attached hydrogens (primary N) is 1. The molecule has 0 bridgehead atoms. The first-order valence-corrected chi connectivity index (χ1v) is 7.68. The number of amides is 1. The number of carbonyl (C=O) groups is 1. The lowest BCUT2D eigenvalue weighted by atomic mass is 10.3. The van der Waals surface area contributed by atoms with E-state index in [2.05, 4.69) is 15.9 Å². The second kappa shape index (κ2) is 6.51. The van der Waals surface area contributed by atoms with Crippen molar-refractivity contribution >= 4 is 31.9 Å². The number of primary sulfonamides is 1. The lowest BCUT2D eigenvalue weighted by Crippen LogP contribution is -2.28. The molecule has 0 aliphatic rings. The molecule has 0 saturated heterocycles. The molecule has 0 unspecified atom stereocenters. The number of furan rings is 1. The van der Waals surface area contributed by atoms with Crippen LogP contribution < -0.4 is 5.14 Å². The van der Waals surface area contributed by atoms with Crippen LogP contribution in [0, 0.1) is 0 Å². The Morgan fingerprint density at radius 2 is 2.21 bits per heavy atom. The Hall–Kier alpha value is -0.900. The van der Waals surface area contributed by atoms with Gasteiger partial charge in [-0.05, 0) is 22.4 Å². The highest BCUT2D eigenvalue weighted by atomic mass is 79.9. The van der Waals surface area contributed by atoms with Crippen LogP contribution in [0.1, 0.15) is 17.0 Å². The van der Waals surface area contributed by atoms with Gasteiger partial charge in [-0.3, -0.25) is 4.79 Å². The summed E-state index contributed by atoms with van der Waals surface area (Å²) in [6.07, 6.45) is 0.669. The molecular formula is C10H15BrN2O5S. The van der Waals surface area contributed by atoms with Crippen molar-refractivity contribution in [3.8, 4) is 0 Å². The highest BCUT2D eigenvalue weighted by Crippen LogP contribution is 2.25. The number of nitrogens with zero attached hydrogens (tertiary/aromatic N) is 1. The maximum Gasteiger partial charge on any atom is 0.289 e. The topological polar surface area (TPSA) is 103 Å². The van der Waals surface area contributed by atoms with Gasteiger partial charge in [-0.25, -0.2) is 13.6 Å². The number of sulfonamides is 1. The molecule has 0 aliphatic heterocycles. The van der Waals surface area contributed by atoms with Gasteiger partial charge in [-0.1, -0.05) is 0 Å². The van der Waals surface area contributed by atoms with Crippen molar-refractivity contribution in [2.45, 2.75) is 11.3 Å². The SMILES string of the molecule is COCCCN(C)C(=O)c1cc(S(N)(=O)=O)c(Br)o1. The zero-order valence-corrected chi connectivity index (χ0v) is 13.0. The molecule has 2 N–H and O–H groups in total. The van der Waals surface area contributed by atoms with E-state index in [1.807, 2.05) is 0 Å². The fourth-order valence-corrected chi connectivity index (χ4v) is 2.89. The zero-order valence-electron chi connectivity index (χ0n) is 10.6. The van der Waals surface area contributed by atoms with Gasteiger partial charge in [0.15, 0.2) is 10.4 Å². The van der Waals surface area contributed by atoms with Crippen LogP contribution in [0.15, 0.2) is 20.0 Å². The molecule has 0 aliphatic carbocycles. The lowest BCUT2D eigenvalue weighted by Gasteiger charge is -2.14. The molecule has 108 valence electrons. The summed E-state index contributed by atoms with van der Waals surface area (Å²) in [5, 5.41) is 4.99. The summed E-state index contributed by atoms with van der Waals surface area (Å²) >= 11 is 2.92. The smallest absolute Gasteiger partial charge is 0.289 e.